The lowest BCUT2D eigenvalue weighted by atomic mass is 10.1. The minimum atomic E-state index is -0.824. The van der Waals surface area contributed by atoms with Crippen molar-refractivity contribution in [2.45, 2.75) is 39.3 Å². The minimum absolute atomic E-state index is 0.0892. The number of benzene rings is 1. The van der Waals surface area contributed by atoms with Crippen LogP contribution in [-0.2, 0) is 4.79 Å². The normalized spacial score (nSPS) is 12.3. The molecule has 0 saturated carbocycles. The molecular weight excluding hydrogens is 249 g/mol. The van der Waals surface area contributed by atoms with Gasteiger partial charge >= 0.3 is 0 Å². The summed E-state index contributed by atoms with van der Waals surface area (Å²) in [6.07, 6.45) is -0.607. The topological polar surface area (TPSA) is 58.6 Å². The number of carbonyl (C=O) groups is 1. The summed E-state index contributed by atoms with van der Waals surface area (Å²) in [4.78, 5) is 11.4. The van der Waals surface area contributed by atoms with Crippen LogP contribution in [0.5, 0.6) is 5.75 Å². The van der Waals surface area contributed by atoms with Crippen molar-refractivity contribution in [3.63, 3.8) is 0 Å². The van der Waals surface area contributed by atoms with Gasteiger partial charge in [-0.3, -0.25) is 4.79 Å². The highest BCUT2D eigenvalue weighted by atomic mass is 19.1. The van der Waals surface area contributed by atoms with Gasteiger partial charge < -0.3 is 15.2 Å². The van der Waals surface area contributed by atoms with E-state index in [9.17, 15) is 14.3 Å². The van der Waals surface area contributed by atoms with Crippen LogP contribution in [0.2, 0.25) is 0 Å². The lowest BCUT2D eigenvalue weighted by molar-refractivity contribution is -0.122. The smallest absolute Gasteiger partial charge is 0.223 e. The molecule has 1 amide bonds. The van der Waals surface area contributed by atoms with Gasteiger partial charge in [0.05, 0.1) is 19.1 Å². The zero-order valence-electron chi connectivity index (χ0n) is 11.4. The van der Waals surface area contributed by atoms with E-state index in [2.05, 4.69) is 5.32 Å². The number of carbonyl (C=O) groups excluding carboxylic acids is 1. The first-order valence-electron chi connectivity index (χ1n) is 6.30. The van der Waals surface area contributed by atoms with E-state index in [1.165, 1.54) is 25.1 Å². The molecule has 1 aromatic rings. The fourth-order valence-corrected chi connectivity index (χ4v) is 1.63. The Hall–Kier alpha value is -1.62. The molecule has 0 aliphatic carbocycles. The van der Waals surface area contributed by atoms with Gasteiger partial charge in [0, 0.05) is 11.6 Å². The first-order chi connectivity index (χ1) is 8.90. The average molecular weight is 269 g/mol. The van der Waals surface area contributed by atoms with Crippen LogP contribution in [0.3, 0.4) is 0 Å². The summed E-state index contributed by atoms with van der Waals surface area (Å²) >= 11 is 0. The second-order valence-electron chi connectivity index (χ2n) is 4.68. The third kappa shape index (κ3) is 5.26. The lowest BCUT2D eigenvalue weighted by Crippen LogP contribution is -2.31. The van der Waals surface area contributed by atoms with Crippen LogP contribution >= 0.6 is 0 Å². The predicted octanol–water partition coefficient (Wildman–Crippen LogP) is 2.17. The summed E-state index contributed by atoms with van der Waals surface area (Å²) in [5, 5.41) is 12.3. The van der Waals surface area contributed by atoms with E-state index in [1.54, 1.807) is 0 Å². The summed E-state index contributed by atoms with van der Waals surface area (Å²) in [6.45, 7) is 5.48. The molecule has 0 aliphatic rings. The van der Waals surface area contributed by atoms with Crippen LogP contribution < -0.4 is 10.1 Å². The van der Waals surface area contributed by atoms with Crippen LogP contribution in [0.1, 0.15) is 38.9 Å². The number of aliphatic hydroxyl groups excluding tert-OH is 1. The summed E-state index contributed by atoms with van der Waals surface area (Å²) < 4.78 is 18.5. The van der Waals surface area contributed by atoms with Crippen molar-refractivity contribution in [1.29, 1.82) is 0 Å². The summed E-state index contributed by atoms with van der Waals surface area (Å²) in [6, 6.07) is 4.03. The van der Waals surface area contributed by atoms with Crippen LogP contribution in [0.15, 0.2) is 18.2 Å². The zero-order valence-corrected chi connectivity index (χ0v) is 11.4. The minimum Gasteiger partial charge on any atom is -0.493 e. The van der Waals surface area contributed by atoms with Gasteiger partial charge in [-0.2, -0.15) is 0 Å². The first kappa shape index (κ1) is 15.4. The number of amides is 1. The fourth-order valence-electron chi connectivity index (χ4n) is 1.63. The van der Waals surface area contributed by atoms with Gasteiger partial charge in [-0.1, -0.05) is 0 Å². The molecule has 0 heterocycles. The van der Waals surface area contributed by atoms with E-state index in [1.807, 2.05) is 13.8 Å². The number of hydrogen-bond acceptors (Lipinski definition) is 3. The molecule has 1 rings (SSSR count). The first-order valence-corrected chi connectivity index (χ1v) is 6.30. The molecule has 106 valence electrons. The monoisotopic (exact) mass is 269 g/mol. The average Bonchev–Trinajstić information content (AvgIpc) is 2.29. The largest absolute Gasteiger partial charge is 0.493 e. The SMILES string of the molecule is CC(C)NC(=O)CCOc1ccc(F)cc1[C@@H](C)O. The van der Waals surface area contributed by atoms with Crippen LogP contribution in [0.25, 0.3) is 0 Å². The van der Waals surface area contributed by atoms with Crippen molar-refractivity contribution >= 4 is 5.91 Å². The molecule has 4 nitrogen and oxygen atoms in total. The van der Waals surface area contributed by atoms with Gasteiger partial charge in [0.1, 0.15) is 11.6 Å². The van der Waals surface area contributed by atoms with Gasteiger partial charge in [-0.25, -0.2) is 4.39 Å². The molecule has 19 heavy (non-hydrogen) atoms. The summed E-state index contributed by atoms with van der Waals surface area (Å²) in [5.41, 5.74) is 0.379. The van der Waals surface area contributed by atoms with Gasteiger partial charge in [0.2, 0.25) is 5.91 Å². The molecule has 1 aromatic carbocycles. The standard InChI is InChI=1S/C14H20FNO3/c1-9(2)16-14(18)6-7-19-13-5-4-11(15)8-12(13)10(3)17/h4-5,8-10,17H,6-7H2,1-3H3,(H,16,18)/t10-/m1/s1. The van der Waals surface area contributed by atoms with E-state index < -0.39 is 11.9 Å². The number of nitrogens with one attached hydrogen (secondary N) is 1. The van der Waals surface area contributed by atoms with E-state index in [4.69, 9.17) is 4.74 Å². The molecule has 0 bridgehead atoms. The molecule has 1 atom stereocenters. The van der Waals surface area contributed by atoms with Gasteiger partial charge in [-0.15, -0.1) is 0 Å². The Morgan fingerprint density at radius 2 is 2.11 bits per heavy atom. The molecule has 0 unspecified atom stereocenters. The quantitative estimate of drug-likeness (QED) is 0.832. The predicted molar refractivity (Wildman–Crippen MR) is 70.4 cm³/mol. The highest BCUT2D eigenvalue weighted by Gasteiger charge is 2.11. The molecule has 0 aromatic heterocycles. The molecule has 0 aliphatic heterocycles. The molecule has 0 saturated heterocycles. The highest BCUT2D eigenvalue weighted by molar-refractivity contribution is 5.76. The van der Waals surface area contributed by atoms with Crippen LogP contribution in [-0.4, -0.2) is 23.7 Å². The van der Waals surface area contributed by atoms with E-state index in [-0.39, 0.29) is 25.0 Å². The molecular formula is C14H20FNO3. The Morgan fingerprint density at radius 3 is 2.68 bits per heavy atom. The fraction of sp³-hybridized carbons (Fsp3) is 0.500. The maximum absolute atomic E-state index is 13.1. The van der Waals surface area contributed by atoms with Crippen molar-refractivity contribution < 1.29 is 19.0 Å². The van der Waals surface area contributed by atoms with Gasteiger partial charge in [0.15, 0.2) is 0 Å². The third-order valence-electron chi connectivity index (χ3n) is 2.46. The van der Waals surface area contributed by atoms with E-state index >= 15 is 0 Å². The highest BCUT2D eigenvalue weighted by Crippen LogP contribution is 2.25. The van der Waals surface area contributed by atoms with E-state index in [0.29, 0.717) is 11.3 Å². The second kappa shape index (κ2) is 7.09. The number of aliphatic hydroxyl groups is 1. The Morgan fingerprint density at radius 1 is 1.42 bits per heavy atom. The maximum Gasteiger partial charge on any atom is 0.223 e. The number of hydrogen-bond donors (Lipinski definition) is 2. The van der Waals surface area contributed by atoms with Crippen molar-refractivity contribution in [3.8, 4) is 5.75 Å². The van der Waals surface area contributed by atoms with Crippen molar-refractivity contribution in [1.82, 2.24) is 5.32 Å². The van der Waals surface area contributed by atoms with Gasteiger partial charge in [-0.05, 0) is 39.0 Å². The summed E-state index contributed by atoms with van der Waals surface area (Å²) in [7, 11) is 0. The Labute approximate surface area is 112 Å². The Bertz CT molecular complexity index is 433. The summed E-state index contributed by atoms with van der Waals surface area (Å²) in [5.74, 6) is -0.134. The van der Waals surface area contributed by atoms with Crippen molar-refractivity contribution in [3.05, 3.63) is 29.6 Å². The Kier molecular flexibility index (Phi) is 5.76. The van der Waals surface area contributed by atoms with Crippen molar-refractivity contribution in [2.75, 3.05) is 6.61 Å². The maximum atomic E-state index is 13.1. The second-order valence-corrected chi connectivity index (χ2v) is 4.68. The third-order valence-corrected chi connectivity index (χ3v) is 2.46. The van der Waals surface area contributed by atoms with Crippen LogP contribution in [0.4, 0.5) is 4.39 Å². The van der Waals surface area contributed by atoms with Gasteiger partial charge in [0.25, 0.3) is 0 Å². The molecule has 0 spiro atoms. The molecule has 2 N–H and O–H groups in total. The molecule has 0 fully saturated rings. The molecule has 5 heteroatoms. The lowest BCUT2D eigenvalue weighted by Gasteiger charge is -2.14. The molecule has 0 radical (unpaired) electrons. The van der Waals surface area contributed by atoms with E-state index in [0.717, 1.165) is 0 Å². The number of rotatable bonds is 6. The number of ether oxygens (including phenoxy) is 1. The zero-order chi connectivity index (χ0) is 14.4. The van der Waals surface area contributed by atoms with Crippen LogP contribution in [0, 0.1) is 5.82 Å². The number of halogens is 1. The Balaban J connectivity index is 2.56. The van der Waals surface area contributed by atoms with Crippen molar-refractivity contribution in [2.24, 2.45) is 0 Å².